The first kappa shape index (κ1) is 12.9. The number of amides is 1. The topological polar surface area (TPSA) is 23.6 Å². The number of benzene rings is 1. The minimum absolute atomic E-state index is 0.350. The third-order valence-electron chi connectivity index (χ3n) is 3.93. The van der Waals surface area contributed by atoms with Gasteiger partial charge in [0.1, 0.15) is 0 Å². The fraction of sp³-hybridized carbons (Fsp3) is 0.533. The molecule has 0 spiro atoms. The van der Waals surface area contributed by atoms with Gasteiger partial charge in [0.25, 0.3) is 0 Å². The number of carbonyl (C=O) groups is 1. The Kier molecular flexibility index (Phi) is 3.76. The molecule has 1 aromatic carbocycles. The number of carbonyl (C=O) groups excluding carboxylic acids is 1. The molecule has 102 valence electrons. The monoisotopic (exact) mass is 278 g/mol. The number of hydrogen-bond acceptors (Lipinski definition) is 2. The predicted molar refractivity (Wildman–Crippen MR) is 76.0 cm³/mol. The van der Waals surface area contributed by atoms with E-state index < -0.39 is 0 Å². The van der Waals surface area contributed by atoms with Crippen LogP contribution in [-0.2, 0) is 11.3 Å². The van der Waals surface area contributed by atoms with Crippen molar-refractivity contribution >= 4 is 17.5 Å². The molecule has 4 heteroatoms. The maximum atomic E-state index is 12.0. The first-order valence-electron chi connectivity index (χ1n) is 6.98. The van der Waals surface area contributed by atoms with Gasteiger partial charge in [-0.15, -0.1) is 0 Å². The zero-order chi connectivity index (χ0) is 13.2. The minimum Gasteiger partial charge on any atom is -0.340 e. The molecule has 19 heavy (non-hydrogen) atoms. The Bertz CT molecular complexity index is 448. The van der Waals surface area contributed by atoms with Gasteiger partial charge in [0, 0.05) is 43.7 Å². The van der Waals surface area contributed by atoms with Crippen LogP contribution in [0.4, 0.5) is 0 Å². The number of rotatable bonds is 3. The highest BCUT2D eigenvalue weighted by Crippen LogP contribution is 2.31. The van der Waals surface area contributed by atoms with Crippen molar-refractivity contribution < 1.29 is 4.79 Å². The summed E-state index contributed by atoms with van der Waals surface area (Å²) in [6.07, 6.45) is 2.20. The molecular formula is C15H19ClN2O. The average Bonchev–Trinajstić information content (AvgIpc) is 3.26. The highest BCUT2D eigenvalue weighted by atomic mass is 35.5. The molecule has 0 N–H and O–H groups in total. The molecule has 1 aromatic rings. The summed E-state index contributed by atoms with van der Waals surface area (Å²) in [6.45, 7) is 4.65. The molecule has 0 radical (unpaired) electrons. The smallest absolute Gasteiger partial charge is 0.225 e. The molecule has 3 rings (SSSR count). The van der Waals surface area contributed by atoms with Gasteiger partial charge in [-0.2, -0.15) is 0 Å². The van der Waals surface area contributed by atoms with E-state index in [4.69, 9.17) is 11.6 Å². The normalized spacial score (nSPS) is 20.6. The molecule has 3 nitrogen and oxygen atoms in total. The van der Waals surface area contributed by atoms with Crippen LogP contribution >= 0.6 is 11.6 Å². The van der Waals surface area contributed by atoms with Crippen LogP contribution < -0.4 is 0 Å². The third-order valence-corrected chi connectivity index (χ3v) is 4.18. The Hall–Kier alpha value is -1.06. The Labute approximate surface area is 119 Å². The highest BCUT2D eigenvalue weighted by Gasteiger charge is 2.34. The van der Waals surface area contributed by atoms with Crippen LogP contribution in [0.5, 0.6) is 0 Å². The van der Waals surface area contributed by atoms with Crippen molar-refractivity contribution in [2.24, 2.45) is 5.92 Å². The van der Waals surface area contributed by atoms with Crippen LogP contribution in [0.1, 0.15) is 18.4 Å². The van der Waals surface area contributed by atoms with E-state index in [-0.39, 0.29) is 0 Å². The lowest BCUT2D eigenvalue weighted by Crippen LogP contribution is -2.48. The Balaban J connectivity index is 1.49. The maximum absolute atomic E-state index is 12.0. The van der Waals surface area contributed by atoms with Crippen LogP contribution in [0.3, 0.4) is 0 Å². The summed E-state index contributed by atoms with van der Waals surface area (Å²) in [5.41, 5.74) is 1.28. The quantitative estimate of drug-likeness (QED) is 0.848. The first-order chi connectivity index (χ1) is 9.22. The van der Waals surface area contributed by atoms with Gasteiger partial charge >= 0.3 is 0 Å². The fourth-order valence-corrected chi connectivity index (χ4v) is 2.69. The summed E-state index contributed by atoms with van der Waals surface area (Å²) < 4.78 is 0. The van der Waals surface area contributed by atoms with Gasteiger partial charge in [-0.3, -0.25) is 9.69 Å². The first-order valence-corrected chi connectivity index (χ1v) is 7.36. The van der Waals surface area contributed by atoms with E-state index in [9.17, 15) is 4.79 Å². The molecule has 0 unspecified atom stereocenters. The zero-order valence-corrected chi connectivity index (χ0v) is 11.8. The van der Waals surface area contributed by atoms with Crippen molar-refractivity contribution in [1.29, 1.82) is 0 Å². The van der Waals surface area contributed by atoms with E-state index >= 15 is 0 Å². The Morgan fingerprint density at radius 2 is 1.74 bits per heavy atom. The summed E-state index contributed by atoms with van der Waals surface area (Å²) in [5.74, 6) is 0.731. The molecule has 1 aliphatic carbocycles. The molecule has 0 aromatic heterocycles. The second-order valence-electron chi connectivity index (χ2n) is 5.50. The third kappa shape index (κ3) is 3.28. The fourth-order valence-electron chi connectivity index (χ4n) is 2.56. The molecular weight excluding hydrogens is 260 g/mol. The Morgan fingerprint density at radius 3 is 2.32 bits per heavy atom. The second kappa shape index (κ2) is 5.51. The molecule has 0 bridgehead atoms. The van der Waals surface area contributed by atoms with Crippen molar-refractivity contribution in [2.75, 3.05) is 26.2 Å². The van der Waals surface area contributed by atoms with E-state index in [0.717, 1.165) is 50.6 Å². The predicted octanol–water partition coefficient (Wildman–Crippen LogP) is 2.39. The zero-order valence-electron chi connectivity index (χ0n) is 11.0. The molecule has 0 atom stereocenters. The lowest BCUT2D eigenvalue weighted by Gasteiger charge is -2.34. The molecule has 1 heterocycles. The standard InChI is InChI=1S/C15H19ClN2O/c16-14-5-1-12(2-6-14)11-17-7-9-18(10-8-17)15(19)13-3-4-13/h1-2,5-6,13H,3-4,7-11H2. The van der Waals surface area contributed by atoms with E-state index in [1.54, 1.807) is 0 Å². The summed E-state index contributed by atoms with van der Waals surface area (Å²) in [6, 6.07) is 8.02. The number of hydrogen-bond donors (Lipinski definition) is 0. The number of piperazine rings is 1. The van der Waals surface area contributed by atoms with E-state index in [1.807, 2.05) is 17.0 Å². The maximum Gasteiger partial charge on any atom is 0.225 e. The molecule has 1 aliphatic heterocycles. The summed E-state index contributed by atoms with van der Waals surface area (Å²) >= 11 is 5.89. The Morgan fingerprint density at radius 1 is 1.11 bits per heavy atom. The van der Waals surface area contributed by atoms with Gasteiger partial charge in [-0.05, 0) is 30.5 Å². The van der Waals surface area contributed by atoms with Crippen LogP contribution in [-0.4, -0.2) is 41.9 Å². The van der Waals surface area contributed by atoms with Gasteiger partial charge in [0.15, 0.2) is 0 Å². The molecule has 2 aliphatic rings. The second-order valence-corrected chi connectivity index (χ2v) is 5.94. The molecule has 1 amide bonds. The molecule has 2 fully saturated rings. The van der Waals surface area contributed by atoms with Crippen molar-refractivity contribution in [1.82, 2.24) is 9.80 Å². The van der Waals surface area contributed by atoms with Gasteiger partial charge in [0.2, 0.25) is 5.91 Å². The van der Waals surface area contributed by atoms with Crippen LogP contribution in [0.2, 0.25) is 5.02 Å². The summed E-state index contributed by atoms with van der Waals surface area (Å²) in [4.78, 5) is 16.4. The van der Waals surface area contributed by atoms with E-state index in [1.165, 1.54) is 5.56 Å². The minimum atomic E-state index is 0.350. The van der Waals surface area contributed by atoms with E-state index in [0.29, 0.717) is 11.8 Å². The lowest BCUT2D eigenvalue weighted by molar-refractivity contribution is -0.134. The SMILES string of the molecule is O=C(C1CC1)N1CCN(Cc2ccc(Cl)cc2)CC1. The molecule has 1 saturated carbocycles. The largest absolute Gasteiger partial charge is 0.340 e. The van der Waals surface area contributed by atoms with Crippen molar-refractivity contribution in [3.05, 3.63) is 34.9 Å². The van der Waals surface area contributed by atoms with Crippen molar-refractivity contribution in [3.63, 3.8) is 0 Å². The summed E-state index contributed by atoms with van der Waals surface area (Å²) in [5, 5.41) is 0.781. The average molecular weight is 279 g/mol. The van der Waals surface area contributed by atoms with Crippen molar-refractivity contribution in [3.8, 4) is 0 Å². The lowest BCUT2D eigenvalue weighted by atomic mass is 10.2. The van der Waals surface area contributed by atoms with Gasteiger partial charge in [0.05, 0.1) is 0 Å². The van der Waals surface area contributed by atoms with Gasteiger partial charge in [-0.25, -0.2) is 0 Å². The highest BCUT2D eigenvalue weighted by molar-refractivity contribution is 6.30. The van der Waals surface area contributed by atoms with Crippen LogP contribution in [0.15, 0.2) is 24.3 Å². The number of halogens is 1. The van der Waals surface area contributed by atoms with E-state index in [2.05, 4.69) is 17.0 Å². The number of nitrogens with zero attached hydrogens (tertiary/aromatic N) is 2. The van der Waals surface area contributed by atoms with Crippen molar-refractivity contribution in [2.45, 2.75) is 19.4 Å². The van der Waals surface area contributed by atoms with Gasteiger partial charge < -0.3 is 4.90 Å². The van der Waals surface area contributed by atoms with Gasteiger partial charge in [-0.1, -0.05) is 23.7 Å². The van der Waals surface area contributed by atoms with Crippen LogP contribution in [0.25, 0.3) is 0 Å². The van der Waals surface area contributed by atoms with Crippen LogP contribution in [0, 0.1) is 5.92 Å². The summed E-state index contributed by atoms with van der Waals surface area (Å²) in [7, 11) is 0. The molecule has 1 saturated heterocycles.